The van der Waals surface area contributed by atoms with Gasteiger partial charge in [-0.05, 0) is 62.5 Å². The van der Waals surface area contributed by atoms with Crippen molar-refractivity contribution in [2.75, 3.05) is 6.67 Å². The highest BCUT2D eigenvalue weighted by Crippen LogP contribution is 2.35. The Morgan fingerprint density at radius 2 is 2.07 bits per heavy atom. The van der Waals surface area contributed by atoms with E-state index in [1.165, 1.54) is 11.3 Å². The number of hydrogen-bond donors (Lipinski definition) is 0. The molecule has 0 spiro atoms. The molecule has 4 nitrogen and oxygen atoms in total. The largest absolute Gasteiger partial charge is 0.299 e. The Morgan fingerprint density at radius 1 is 1.20 bits per heavy atom. The first-order valence-corrected chi connectivity index (χ1v) is 11.3. The van der Waals surface area contributed by atoms with Gasteiger partial charge in [-0.25, -0.2) is 4.39 Å². The molecule has 1 aromatic carbocycles. The Balaban J connectivity index is 1.45. The minimum atomic E-state index is -1.01. The molecule has 4 rings (SSSR count). The van der Waals surface area contributed by atoms with E-state index in [9.17, 15) is 13.6 Å². The molecular formula is C23H25F2N3OS. The summed E-state index contributed by atoms with van der Waals surface area (Å²) in [5.74, 6) is -0.329. The quantitative estimate of drug-likeness (QED) is 0.485. The first kappa shape index (κ1) is 21.0. The van der Waals surface area contributed by atoms with Crippen LogP contribution in [0.5, 0.6) is 0 Å². The standard InChI is InChI=1S/C23H25F2N3OS/c1-14-27-28-23(30-14)17-6-7-18-13-26-20(10-19(18)9-17)12-22(29)16-5-4-15(3-2-8-24)21(25)11-16/h6-7,9-10,13,15-16,21H,2-5,8,11-12H2,1H3/t15-,16?,21-/m0/s1. The van der Waals surface area contributed by atoms with Crippen LogP contribution in [0.3, 0.4) is 0 Å². The van der Waals surface area contributed by atoms with Crippen molar-refractivity contribution in [1.82, 2.24) is 15.2 Å². The van der Waals surface area contributed by atoms with Gasteiger partial charge in [0.05, 0.1) is 6.67 Å². The lowest BCUT2D eigenvalue weighted by molar-refractivity contribution is -0.124. The van der Waals surface area contributed by atoms with E-state index in [-0.39, 0.29) is 30.5 Å². The maximum absolute atomic E-state index is 14.4. The summed E-state index contributed by atoms with van der Waals surface area (Å²) in [6.45, 7) is 1.52. The van der Waals surface area contributed by atoms with Crippen LogP contribution >= 0.6 is 11.3 Å². The number of aromatic nitrogens is 3. The average Bonchev–Trinajstić information content (AvgIpc) is 3.18. The lowest BCUT2D eigenvalue weighted by atomic mass is 9.76. The van der Waals surface area contributed by atoms with Gasteiger partial charge in [0.1, 0.15) is 22.0 Å². The van der Waals surface area contributed by atoms with Crippen LogP contribution in [0.4, 0.5) is 8.78 Å². The van der Waals surface area contributed by atoms with Crippen LogP contribution in [-0.4, -0.2) is 33.8 Å². The third kappa shape index (κ3) is 4.72. The zero-order valence-corrected chi connectivity index (χ0v) is 17.8. The number of alkyl halides is 2. The predicted molar refractivity (Wildman–Crippen MR) is 115 cm³/mol. The highest BCUT2D eigenvalue weighted by Gasteiger charge is 2.33. The number of ketones is 1. The molecule has 2 heterocycles. The molecule has 0 aliphatic heterocycles. The SMILES string of the molecule is Cc1nnc(-c2ccc3cnc(CC(=O)C4CC[C@H](CCCF)[C@@H](F)C4)cc3c2)s1. The number of halogens is 2. The highest BCUT2D eigenvalue weighted by molar-refractivity contribution is 7.14. The molecule has 30 heavy (non-hydrogen) atoms. The van der Waals surface area contributed by atoms with E-state index in [1.807, 2.05) is 31.2 Å². The Morgan fingerprint density at radius 3 is 2.80 bits per heavy atom. The fraction of sp³-hybridized carbons (Fsp3) is 0.478. The Kier molecular flexibility index (Phi) is 6.46. The number of carbonyl (C=O) groups is 1. The summed E-state index contributed by atoms with van der Waals surface area (Å²) < 4.78 is 26.8. The molecule has 0 radical (unpaired) electrons. The highest BCUT2D eigenvalue weighted by atomic mass is 32.1. The predicted octanol–water partition coefficient (Wildman–Crippen LogP) is 5.68. The van der Waals surface area contributed by atoms with Crippen LogP contribution in [0.15, 0.2) is 30.5 Å². The van der Waals surface area contributed by atoms with Gasteiger partial charge in [-0.2, -0.15) is 0 Å². The molecule has 0 bridgehead atoms. The lowest BCUT2D eigenvalue weighted by Crippen LogP contribution is -2.31. The van der Waals surface area contributed by atoms with Gasteiger partial charge in [-0.1, -0.05) is 23.5 Å². The molecule has 1 saturated carbocycles. The van der Waals surface area contributed by atoms with E-state index < -0.39 is 12.8 Å². The van der Waals surface area contributed by atoms with Gasteiger partial charge in [0, 0.05) is 35.2 Å². The van der Waals surface area contributed by atoms with Gasteiger partial charge in [0.25, 0.3) is 0 Å². The number of hydrogen-bond acceptors (Lipinski definition) is 5. The van der Waals surface area contributed by atoms with Crippen LogP contribution in [0.1, 0.15) is 42.8 Å². The van der Waals surface area contributed by atoms with Crippen LogP contribution in [0.25, 0.3) is 21.3 Å². The fourth-order valence-corrected chi connectivity index (χ4v) is 4.98. The second-order valence-electron chi connectivity index (χ2n) is 8.12. The summed E-state index contributed by atoms with van der Waals surface area (Å²) in [4.78, 5) is 17.2. The lowest BCUT2D eigenvalue weighted by Gasteiger charge is -2.30. The van der Waals surface area contributed by atoms with E-state index in [0.717, 1.165) is 26.4 Å². The van der Waals surface area contributed by atoms with E-state index in [0.29, 0.717) is 31.4 Å². The van der Waals surface area contributed by atoms with Crippen molar-refractivity contribution in [2.24, 2.45) is 11.8 Å². The molecule has 2 aromatic heterocycles. The van der Waals surface area contributed by atoms with Crippen LogP contribution in [-0.2, 0) is 11.2 Å². The fourth-order valence-electron chi connectivity index (χ4n) is 4.29. The summed E-state index contributed by atoms with van der Waals surface area (Å²) in [7, 11) is 0. The summed E-state index contributed by atoms with van der Waals surface area (Å²) in [6, 6.07) is 7.97. The van der Waals surface area contributed by atoms with Crippen LogP contribution < -0.4 is 0 Å². The van der Waals surface area contributed by atoms with Gasteiger partial charge in [0.15, 0.2) is 0 Å². The van der Waals surface area contributed by atoms with Gasteiger partial charge in [-0.15, -0.1) is 10.2 Å². The molecule has 1 unspecified atom stereocenters. The molecule has 7 heteroatoms. The smallest absolute Gasteiger partial charge is 0.147 e. The van der Waals surface area contributed by atoms with E-state index in [2.05, 4.69) is 15.2 Å². The third-order valence-corrected chi connectivity index (χ3v) is 6.87. The van der Waals surface area contributed by atoms with Crippen molar-refractivity contribution in [3.05, 3.63) is 41.2 Å². The summed E-state index contributed by atoms with van der Waals surface area (Å²) >= 11 is 1.54. The number of Topliss-reactive ketones (excluding diaryl/α,β-unsaturated/α-hetero) is 1. The van der Waals surface area contributed by atoms with Crippen LogP contribution in [0, 0.1) is 18.8 Å². The molecular weight excluding hydrogens is 404 g/mol. The minimum Gasteiger partial charge on any atom is -0.299 e. The maximum Gasteiger partial charge on any atom is 0.147 e. The number of benzene rings is 1. The monoisotopic (exact) mass is 429 g/mol. The summed E-state index contributed by atoms with van der Waals surface area (Å²) in [6.07, 6.45) is 3.55. The second kappa shape index (κ2) is 9.25. The average molecular weight is 430 g/mol. The minimum absolute atomic E-state index is 0.0457. The number of carbonyl (C=O) groups excluding carboxylic acids is 1. The zero-order valence-electron chi connectivity index (χ0n) is 17.0. The van der Waals surface area contributed by atoms with Gasteiger partial charge < -0.3 is 0 Å². The van der Waals surface area contributed by atoms with Crippen molar-refractivity contribution < 1.29 is 13.6 Å². The second-order valence-corrected chi connectivity index (χ2v) is 9.31. The molecule has 1 aliphatic rings. The first-order chi connectivity index (χ1) is 14.5. The van der Waals surface area contributed by atoms with Crippen LogP contribution in [0.2, 0.25) is 0 Å². The first-order valence-electron chi connectivity index (χ1n) is 10.5. The van der Waals surface area contributed by atoms with Crippen molar-refractivity contribution in [1.29, 1.82) is 0 Å². The van der Waals surface area contributed by atoms with E-state index in [4.69, 9.17) is 0 Å². The van der Waals surface area contributed by atoms with Crippen molar-refractivity contribution in [3.63, 3.8) is 0 Å². The molecule has 3 atom stereocenters. The van der Waals surface area contributed by atoms with E-state index >= 15 is 0 Å². The Bertz CT molecular complexity index is 1040. The van der Waals surface area contributed by atoms with Crippen molar-refractivity contribution in [3.8, 4) is 10.6 Å². The summed E-state index contributed by atoms with van der Waals surface area (Å²) in [5, 5.41) is 12.0. The van der Waals surface area contributed by atoms with Crippen molar-refractivity contribution in [2.45, 2.75) is 51.6 Å². The molecule has 158 valence electrons. The molecule has 3 aromatic rings. The molecule has 0 saturated heterocycles. The van der Waals surface area contributed by atoms with Crippen molar-refractivity contribution >= 4 is 27.9 Å². The summed E-state index contributed by atoms with van der Waals surface area (Å²) in [5.41, 5.74) is 1.69. The molecule has 0 N–H and O–H groups in total. The molecule has 1 fully saturated rings. The molecule has 0 amide bonds. The van der Waals surface area contributed by atoms with Gasteiger partial charge in [-0.3, -0.25) is 14.2 Å². The Hall–Kier alpha value is -2.28. The number of pyridine rings is 1. The topological polar surface area (TPSA) is 55.7 Å². The van der Waals surface area contributed by atoms with E-state index in [1.54, 1.807) is 6.20 Å². The number of aryl methyl sites for hydroxylation is 1. The normalized spacial score (nSPS) is 21.8. The molecule has 1 aliphatic carbocycles. The Labute approximate surface area is 178 Å². The maximum atomic E-state index is 14.4. The van der Waals surface area contributed by atoms with Gasteiger partial charge in [0.2, 0.25) is 0 Å². The third-order valence-electron chi connectivity index (χ3n) is 5.98. The zero-order chi connectivity index (χ0) is 21.1. The van der Waals surface area contributed by atoms with Gasteiger partial charge >= 0.3 is 0 Å². The number of nitrogens with zero attached hydrogens (tertiary/aromatic N) is 3. The number of fused-ring (bicyclic) bond motifs is 1. The number of rotatable bonds is 7.